The van der Waals surface area contributed by atoms with E-state index in [0.717, 1.165) is 12.1 Å². The first-order valence-corrected chi connectivity index (χ1v) is 9.80. The molecular formula is C19H20F2N2O4S. The van der Waals surface area contributed by atoms with Gasteiger partial charge < -0.3 is 10.1 Å². The van der Waals surface area contributed by atoms with Gasteiger partial charge in [-0.3, -0.25) is 4.79 Å². The molecule has 150 valence electrons. The lowest BCUT2D eigenvalue weighted by atomic mass is 10.2. The summed E-state index contributed by atoms with van der Waals surface area (Å²) in [6.07, 6.45) is 1.40. The molecule has 6 nitrogen and oxygen atoms in total. The van der Waals surface area contributed by atoms with Crippen LogP contribution in [0, 0.1) is 11.6 Å². The maximum Gasteiger partial charge on any atom is 0.251 e. The van der Waals surface area contributed by atoms with Crippen molar-refractivity contribution < 1.29 is 26.7 Å². The maximum atomic E-state index is 13.6. The second-order valence-electron chi connectivity index (χ2n) is 5.93. The summed E-state index contributed by atoms with van der Waals surface area (Å²) in [7, 11) is -3.76. The Labute approximate surface area is 162 Å². The van der Waals surface area contributed by atoms with E-state index < -0.39 is 33.6 Å². The molecule has 0 fully saturated rings. The van der Waals surface area contributed by atoms with E-state index in [0.29, 0.717) is 6.07 Å². The third kappa shape index (κ3) is 5.86. The predicted octanol–water partition coefficient (Wildman–Crippen LogP) is 2.63. The van der Waals surface area contributed by atoms with Crippen LogP contribution in [-0.4, -0.2) is 33.5 Å². The van der Waals surface area contributed by atoms with Gasteiger partial charge in [-0.05, 0) is 37.3 Å². The summed E-state index contributed by atoms with van der Waals surface area (Å²) in [6.45, 7) is 5.07. The van der Waals surface area contributed by atoms with E-state index in [1.807, 2.05) is 0 Å². The molecule has 1 unspecified atom stereocenters. The van der Waals surface area contributed by atoms with Crippen LogP contribution in [0.4, 0.5) is 8.78 Å². The highest BCUT2D eigenvalue weighted by Gasteiger charge is 2.17. The fourth-order valence-electron chi connectivity index (χ4n) is 2.21. The molecule has 1 amide bonds. The fourth-order valence-corrected chi connectivity index (χ4v) is 3.26. The number of amides is 1. The molecule has 9 heteroatoms. The highest BCUT2D eigenvalue weighted by atomic mass is 32.2. The van der Waals surface area contributed by atoms with Crippen LogP contribution in [0.2, 0.25) is 0 Å². The third-order valence-electron chi connectivity index (χ3n) is 3.58. The van der Waals surface area contributed by atoms with E-state index in [-0.39, 0.29) is 29.4 Å². The van der Waals surface area contributed by atoms with Crippen LogP contribution in [0.3, 0.4) is 0 Å². The Bertz CT molecular complexity index is 964. The number of halogens is 2. The summed E-state index contributed by atoms with van der Waals surface area (Å²) in [5, 5.41) is 2.63. The van der Waals surface area contributed by atoms with Crippen LogP contribution in [0.25, 0.3) is 0 Å². The average Bonchev–Trinajstić information content (AvgIpc) is 2.66. The molecule has 0 aromatic heterocycles. The molecule has 2 rings (SSSR count). The highest BCUT2D eigenvalue weighted by Crippen LogP contribution is 2.18. The van der Waals surface area contributed by atoms with Gasteiger partial charge >= 0.3 is 0 Å². The standard InChI is InChI=1S/C19H20F2N2O4S/c1-3-9-22-28(25,26)16-6-4-5-14(10-16)19(24)23-13(2)12-27-18-8-7-15(20)11-17(18)21/h3-8,10-11,13,22H,1,9,12H2,2H3,(H,23,24). The Morgan fingerprint density at radius 3 is 2.68 bits per heavy atom. The van der Waals surface area contributed by atoms with Crippen molar-refractivity contribution in [3.63, 3.8) is 0 Å². The Kier molecular flexibility index (Phi) is 7.24. The fraction of sp³-hybridized carbons (Fsp3) is 0.211. The number of rotatable bonds is 9. The number of sulfonamides is 1. The number of hydrogen-bond acceptors (Lipinski definition) is 4. The minimum Gasteiger partial charge on any atom is -0.488 e. The normalized spacial score (nSPS) is 12.2. The molecule has 0 spiro atoms. The lowest BCUT2D eigenvalue weighted by Crippen LogP contribution is -2.37. The molecule has 0 saturated heterocycles. The molecule has 28 heavy (non-hydrogen) atoms. The largest absolute Gasteiger partial charge is 0.488 e. The van der Waals surface area contributed by atoms with Crippen molar-refractivity contribution in [3.8, 4) is 5.75 Å². The second-order valence-corrected chi connectivity index (χ2v) is 7.70. The van der Waals surface area contributed by atoms with Crippen LogP contribution in [0.5, 0.6) is 5.75 Å². The zero-order chi connectivity index (χ0) is 20.7. The van der Waals surface area contributed by atoms with Crippen molar-refractivity contribution >= 4 is 15.9 Å². The number of benzene rings is 2. The number of hydrogen-bond donors (Lipinski definition) is 2. The summed E-state index contributed by atoms with van der Waals surface area (Å²) in [5.41, 5.74) is 0.140. The van der Waals surface area contributed by atoms with Gasteiger partial charge in [0.05, 0.1) is 10.9 Å². The summed E-state index contributed by atoms with van der Waals surface area (Å²) in [5.74, 6) is -2.22. The second kappa shape index (κ2) is 9.43. The van der Waals surface area contributed by atoms with Crippen LogP contribution < -0.4 is 14.8 Å². The average molecular weight is 410 g/mol. The molecule has 0 aliphatic heterocycles. The first-order valence-electron chi connectivity index (χ1n) is 8.32. The molecule has 0 bridgehead atoms. The van der Waals surface area contributed by atoms with Gasteiger partial charge in [-0.15, -0.1) is 6.58 Å². The van der Waals surface area contributed by atoms with E-state index in [4.69, 9.17) is 4.74 Å². The van der Waals surface area contributed by atoms with Crippen molar-refractivity contribution in [2.24, 2.45) is 0 Å². The quantitative estimate of drug-likeness (QED) is 0.623. The topological polar surface area (TPSA) is 84.5 Å². The first kappa shape index (κ1) is 21.5. The minimum absolute atomic E-state index is 0.0562. The lowest BCUT2D eigenvalue weighted by Gasteiger charge is -2.16. The molecule has 0 aliphatic carbocycles. The van der Waals surface area contributed by atoms with E-state index >= 15 is 0 Å². The third-order valence-corrected chi connectivity index (χ3v) is 5.01. The van der Waals surface area contributed by atoms with Crippen molar-refractivity contribution in [2.75, 3.05) is 13.2 Å². The van der Waals surface area contributed by atoms with Gasteiger partial charge in [0.25, 0.3) is 5.91 Å². The first-order chi connectivity index (χ1) is 13.2. The van der Waals surface area contributed by atoms with Crippen molar-refractivity contribution in [3.05, 3.63) is 72.3 Å². The van der Waals surface area contributed by atoms with Gasteiger partial charge in [-0.25, -0.2) is 21.9 Å². The SMILES string of the molecule is C=CCNS(=O)(=O)c1cccc(C(=O)NC(C)COc2ccc(F)cc2F)c1. The zero-order valence-electron chi connectivity index (χ0n) is 15.1. The molecule has 0 aliphatic rings. The van der Waals surface area contributed by atoms with Crippen LogP contribution in [-0.2, 0) is 10.0 Å². The molecule has 1 atom stereocenters. The van der Waals surface area contributed by atoms with E-state index in [2.05, 4.69) is 16.6 Å². The number of carbonyl (C=O) groups excluding carboxylic acids is 1. The number of carbonyl (C=O) groups is 1. The van der Waals surface area contributed by atoms with Gasteiger partial charge in [0.1, 0.15) is 12.4 Å². The van der Waals surface area contributed by atoms with Crippen LogP contribution in [0.1, 0.15) is 17.3 Å². The van der Waals surface area contributed by atoms with Crippen LogP contribution in [0.15, 0.2) is 60.0 Å². The van der Waals surface area contributed by atoms with Gasteiger partial charge in [0, 0.05) is 18.2 Å². The Hall–Kier alpha value is -2.78. The van der Waals surface area contributed by atoms with Crippen molar-refractivity contribution in [1.29, 1.82) is 0 Å². The molecule has 0 radical (unpaired) electrons. The van der Waals surface area contributed by atoms with E-state index in [9.17, 15) is 22.0 Å². The van der Waals surface area contributed by atoms with E-state index in [1.165, 1.54) is 30.3 Å². The molecule has 2 aromatic carbocycles. The summed E-state index contributed by atoms with van der Waals surface area (Å²) in [6, 6.07) is 7.93. The number of ether oxygens (including phenoxy) is 1. The summed E-state index contributed by atoms with van der Waals surface area (Å²) in [4.78, 5) is 12.3. The predicted molar refractivity (Wildman–Crippen MR) is 101 cm³/mol. The minimum atomic E-state index is -3.76. The molecule has 2 N–H and O–H groups in total. The molecule has 0 heterocycles. The Morgan fingerprint density at radius 1 is 1.25 bits per heavy atom. The Morgan fingerprint density at radius 2 is 2.00 bits per heavy atom. The van der Waals surface area contributed by atoms with Crippen LogP contribution >= 0.6 is 0 Å². The summed E-state index contributed by atoms with van der Waals surface area (Å²) >= 11 is 0. The van der Waals surface area contributed by atoms with Gasteiger partial charge in [-0.1, -0.05) is 12.1 Å². The van der Waals surface area contributed by atoms with E-state index in [1.54, 1.807) is 6.92 Å². The lowest BCUT2D eigenvalue weighted by molar-refractivity contribution is 0.0926. The molecule has 2 aromatic rings. The van der Waals surface area contributed by atoms with Gasteiger partial charge in [0.15, 0.2) is 11.6 Å². The molecule has 0 saturated carbocycles. The Balaban J connectivity index is 2.00. The van der Waals surface area contributed by atoms with Crippen molar-refractivity contribution in [1.82, 2.24) is 10.0 Å². The van der Waals surface area contributed by atoms with Gasteiger partial charge in [-0.2, -0.15) is 0 Å². The zero-order valence-corrected chi connectivity index (χ0v) is 15.9. The monoisotopic (exact) mass is 410 g/mol. The smallest absolute Gasteiger partial charge is 0.251 e. The van der Waals surface area contributed by atoms with Gasteiger partial charge in [0.2, 0.25) is 10.0 Å². The van der Waals surface area contributed by atoms with Crippen molar-refractivity contribution in [2.45, 2.75) is 17.9 Å². The summed E-state index contributed by atoms with van der Waals surface area (Å²) < 4.78 is 58.3. The number of nitrogens with one attached hydrogen (secondary N) is 2. The molecular weight excluding hydrogens is 390 g/mol. The maximum absolute atomic E-state index is 13.6. The highest BCUT2D eigenvalue weighted by molar-refractivity contribution is 7.89.